The Labute approximate surface area is 107 Å². The van der Waals surface area contributed by atoms with Gasteiger partial charge in [-0.3, -0.25) is 14.1 Å². The molecule has 1 aliphatic heterocycles. The molecule has 1 aromatic heterocycles. The topological polar surface area (TPSA) is 66.1 Å². The zero-order valence-corrected chi connectivity index (χ0v) is 10.6. The van der Waals surface area contributed by atoms with Gasteiger partial charge in [0.15, 0.2) is 5.69 Å². The minimum absolute atomic E-state index is 0.0795. The summed E-state index contributed by atoms with van der Waals surface area (Å²) in [5, 5.41) is 7.80. The van der Waals surface area contributed by atoms with E-state index in [2.05, 4.69) is 10.2 Å². The number of para-hydroxylation sites is 1. The first-order valence-electron chi connectivity index (χ1n) is 5.83. The van der Waals surface area contributed by atoms with Crippen LogP contribution in [0.2, 0.25) is 0 Å². The van der Waals surface area contributed by atoms with Gasteiger partial charge in [-0.1, -0.05) is 18.2 Å². The Bertz CT molecular complexity index is 613. The van der Waals surface area contributed by atoms with Crippen LogP contribution in [-0.2, 0) is 10.8 Å². The summed E-state index contributed by atoms with van der Waals surface area (Å²) in [4.78, 5) is 14.1. The van der Waals surface area contributed by atoms with Gasteiger partial charge in [-0.05, 0) is 6.07 Å². The maximum Gasteiger partial charge on any atom is 0.275 e. The minimum atomic E-state index is -0.773. The third-order valence-corrected chi connectivity index (χ3v) is 4.41. The predicted octanol–water partition coefficient (Wildman–Crippen LogP) is 0.767. The van der Waals surface area contributed by atoms with Crippen molar-refractivity contribution < 1.29 is 9.00 Å². The number of aromatic nitrogens is 2. The predicted molar refractivity (Wildman–Crippen MR) is 69.9 cm³/mol. The molecule has 1 aromatic carbocycles. The first kappa shape index (κ1) is 11.4. The van der Waals surface area contributed by atoms with Crippen LogP contribution >= 0.6 is 0 Å². The number of carbonyl (C=O) groups is 1. The van der Waals surface area contributed by atoms with Gasteiger partial charge in [-0.2, -0.15) is 5.10 Å². The molecule has 3 rings (SSSR count). The molecule has 0 unspecified atom stereocenters. The quantitative estimate of drug-likeness (QED) is 0.826. The molecule has 1 N–H and O–H groups in total. The summed E-state index contributed by atoms with van der Waals surface area (Å²) >= 11 is 0. The highest BCUT2D eigenvalue weighted by Crippen LogP contribution is 2.17. The van der Waals surface area contributed by atoms with Gasteiger partial charge in [0.2, 0.25) is 0 Å². The highest BCUT2D eigenvalue weighted by molar-refractivity contribution is 7.85. The van der Waals surface area contributed by atoms with Crippen molar-refractivity contribution in [1.82, 2.24) is 15.1 Å². The third kappa shape index (κ3) is 1.92. The molecule has 1 amide bonds. The van der Waals surface area contributed by atoms with Crippen LogP contribution in [0.15, 0.2) is 24.3 Å². The highest BCUT2D eigenvalue weighted by Gasteiger charge is 2.24. The fourth-order valence-corrected chi connectivity index (χ4v) is 3.17. The Hall–Kier alpha value is -1.69. The molecule has 18 heavy (non-hydrogen) atoms. The van der Waals surface area contributed by atoms with E-state index in [4.69, 9.17) is 0 Å². The SMILES string of the molecule is O=C(c1n[nH]c2ccccc12)N1CCS(=O)CC1. The van der Waals surface area contributed by atoms with Crippen LogP contribution in [0.4, 0.5) is 0 Å². The molecule has 0 aliphatic carbocycles. The molecule has 0 bridgehead atoms. The zero-order chi connectivity index (χ0) is 12.5. The lowest BCUT2D eigenvalue weighted by Crippen LogP contribution is -2.42. The standard InChI is InChI=1S/C12H13N3O2S/c16-12(15-5-7-18(17)8-6-15)11-9-3-1-2-4-10(9)13-14-11/h1-4H,5-8H2,(H,13,14). The number of amides is 1. The van der Waals surface area contributed by atoms with Crippen molar-refractivity contribution in [2.75, 3.05) is 24.6 Å². The summed E-state index contributed by atoms with van der Waals surface area (Å²) < 4.78 is 11.3. The van der Waals surface area contributed by atoms with Crippen LogP contribution < -0.4 is 0 Å². The average Bonchev–Trinajstić information content (AvgIpc) is 2.82. The number of nitrogens with zero attached hydrogens (tertiary/aromatic N) is 2. The van der Waals surface area contributed by atoms with E-state index < -0.39 is 10.8 Å². The summed E-state index contributed by atoms with van der Waals surface area (Å²) in [7, 11) is -0.773. The van der Waals surface area contributed by atoms with E-state index in [-0.39, 0.29) is 5.91 Å². The molecule has 0 atom stereocenters. The fraction of sp³-hybridized carbons (Fsp3) is 0.333. The molecule has 1 aliphatic rings. The molecule has 1 saturated heterocycles. The van der Waals surface area contributed by atoms with Crippen molar-refractivity contribution in [2.24, 2.45) is 0 Å². The van der Waals surface area contributed by atoms with E-state index in [0.29, 0.717) is 30.3 Å². The molecule has 2 aromatic rings. The van der Waals surface area contributed by atoms with Gasteiger partial charge >= 0.3 is 0 Å². The van der Waals surface area contributed by atoms with E-state index in [9.17, 15) is 9.00 Å². The van der Waals surface area contributed by atoms with Crippen LogP contribution in [0, 0.1) is 0 Å². The number of benzene rings is 1. The number of nitrogens with one attached hydrogen (secondary N) is 1. The summed E-state index contributed by atoms with van der Waals surface area (Å²) in [6, 6.07) is 7.57. The molecule has 1 fully saturated rings. The summed E-state index contributed by atoms with van der Waals surface area (Å²) in [6.45, 7) is 1.10. The molecule has 0 radical (unpaired) electrons. The van der Waals surface area contributed by atoms with Gasteiger partial charge in [0.25, 0.3) is 5.91 Å². The maximum atomic E-state index is 12.3. The van der Waals surface area contributed by atoms with Crippen LogP contribution in [0.3, 0.4) is 0 Å². The smallest absolute Gasteiger partial charge is 0.275 e. The first-order chi connectivity index (χ1) is 8.75. The first-order valence-corrected chi connectivity index (χ1v) is 7.32. The summed E-state index contributed by atoms with van der Waals surface area (Å²) in [5.74, 6) is 1.05. The number of aromatic amines is 1. The van der Waals surface area contributed by atoms with E-state index in [1.54, 1.807) is 4.90 Å². The lowest BCUT2D eigenvalue weighted by atomic mass is 10.2. The Morgan fingerprint density at radius 3 is 2.78 bits per heavy atom. The van der Waals surface area contributed by atoms with Crippen LogP contribution in [0.5, 0.6) is 0 Å². The van der Waals surface area contributed by atoms with Crippen molar-refractivity contribution >= 4 is 27.6 Å². The van der Waals surface area contributed by atoms with Gasteiger partial charge in [0.05, 0.1) is 5.52 Å². The molecule has 94 valence electrons. The van der Waals surface area contributed by atoms with Crippen LogP contribution in [-0.4, -0.2) is 49.8 Å². The van der Waals surface area contributed by atoms with E-state index in [1.165, 1.54) is 0 Å². The maximum absolute atomic E-state index is 12.3. The Morgan fingerprint density at radius 1 is 1.28 bits per heavy atom. The second-order valence-electron chi connectivity index (χ2n) is 4.26. The number of carbonyl (C=O) groups excluding carboxylic acids is 1. The third-order valence-electron chi connectivity index (χ3n) is 3.14. The number of rotatable bonds is 1. The van der Waals surface area contributed by atoms with Crippen molar-refractivity contribution in [2.45, 2.75) is 0 Å². The minimum Gasteiger partial charge on any atom is -0.335 e. The average molecular weight is 263 g/mol. The number of hydrogen-bond donors (Lipinski definition) is 1. The molecule has 6 heteroatoms. The van der Waals surface area contributed by atoms with Gasteiger partial charge in [0, 0.05) is 40.8 Å². The normalized spacial score (nSPS) is 17.2. The zero-order valence-electron chi connectivity index (χ0n) is 9.76. The van der Waals surface area contributed by atoms with Crippen molar-refractivity contribution in [1.29, 1.82) is 0 Å². The summed E-state index contributed by atoms with van der Waals surface area (Å²) in [6.07, 6.45) is 0. The number of fused-ring (bicyclic) bond motifs is 1. The monoisotopic (exact) mass is 263 g/mol. The van der Waals surface area contributed by atoms with E-state index in [0.717, 1.165) is 10.9 Å². The second-order valence-corrected chi connectivity index (χ2v) is 5.95. The van der Waals surface area contributed by atoms with Gasteiger partial charge in [-0.25, -0.2) is 0 Å². The van der Waals surface area contributed by atoms with E-state index >= 15 is 0 Å². The largest absolute Gasteiger partial charge is 0.335 e. The van der Waals surface area contributed by atoms with Crippen LogP contribution in [0.1, 0.15) is 10.5 Å². The fourth-order valence-electron chi connectivity index (χ4n) is 2.12. The molecular formula is C12H13N3O2S. The van der Waals surface area contributed by atoms with Crippen molar-refractivity contribution in [3.8, 4) is 0 Å². The Morgan fingerprint density at radius 2 is 2.00 bits per heavy atom. The lowest BCUT2D eigenvalue weighted by Gasteiger charge is -2.25. The molecule has 0 spiro atoms. The van der Waals surface area contributed by atoms with Gasteiger partial charge < -0.3 is 4.90 Å². The van der Waals surface area contributed by atoms with Crippen molar-refractivity contribution in [3.63, 3.8) is 0 Å². The second kappa shape index (κ2) is 4.53. The highest BCUT2D eigenvalue weighted by atomic mass is 32.2. The number of H-pyrrole nitrogens is 1. The Balaban J connectivity index is 1.90. The van der Waals surface area contributed by atoms with Gasteiger partial charge in [0.1, 0.15) is 0 Å². The Kier molecular flexibility index (Phi) is 2.87. The molecule has 0 saturated carbocycles. The van der Waals surface area contributed by atoms with E-state index in [1.807, 2.05) is 24.3 Å². The molecule has 5 nitrogen and oxygen atoms in total. The summed E-state index contributed by atoms with van der Waals surface area (Å²) in [5.41, 5.74) is 1.32. The molecular weight excluding hydrogens is 250 g/mol. The molecule has 2 heterocycles. The van der Waals surface area contributed by atoms with Crippen LogP contribution in [0.25, 0.3) is 10.9 Å². The van der Waals surface area contributed by atoms with Crippen molar-refractivity contribution in [3.05, 3.63) is 30.0 Å². The number of hydrogen-bond acceptors (Lipinski definition) is 3. The lowest BCUT2D eigenvalue weighted by molar-refractivity contribution is 0.0767. The van der Waals surface area contributed by atoms with Gasteiger partial charge in [-0.15, -0.1) is 0 Å².